The molecule has 5 nitrogen and oxygen atoms in total. The molecule has 1 aromatic carbocycles. The zero-order valence-corrected chi connectivity index (χ0v) is 13.1. The van der Waals surface area contributed by atoms with Crippen molar-refractivity contribution >= 4 is 21.2 Å². The van der Waals surface area contributed by atoms with Crippen molar-refractivity contribution in [1.29, 1.82) is 0 Å². The fraction of sp³-hybridized carbons (Fsp3) is 0.571. The molecule has 0 aromatic heterocycles. The average Bonchev–Trinajstić information content (AvgIpc) is 2.77. The predicted octanol–water partition coefficient (Wildman–Crippen LogP) is 1.82. The van der Waals surface area contributed by atoms with E-state index in [4.69, 9.17) is 10.5 Å². The number of nitrogens with zero attached hydrogens (tertiary/aromatic N) is 1. The largest absolute Gasteiger partial charge is 0.490 e. The Morgan fingerprint density at radius 2 is 2.19 bits per heavy atom. The first-order valence-electron chi connectivity index (χ1n) is 6.99. The zero-order valence-electron chi connectivity index (χ0n) is 12.3. The van der Waals surface area contributed by atoms with E-state index in [1.165, 1.54) is 6.07 Å². The second kappa shape index (κ2) is 6.09. The maximum atomic E-state index is 13.8. The van der Waals surface area contributed by atoms with Crippen LogP contribution in [0.25, 0.3) is 0 Å². The van der Waals surface area contributed by atoms with E-state index in [0.29, 0.717) is 18.7 Å². The lowest BCUT2D eigenvalue weighted by Gasteiger charge is -2.27. The van der Waals surface area contributed by atoms with Crippen molar-refractivity contribution < 1.29 is 17.5 Å². The Morgan fingerprint density at radius 3 is 2.76 bits per heavy atom. The summed E-state index contributed by atoms with van der Waals surface area (Å²) in [6, 6.07) is 2.63. The monoisotopic (exact) mass is 316 g/mol. The molecule has 1 aliphatic heterocycles. The molecule has 1 saturated heterocycles. The van der Waals surface area contributed by atoms with Crippen LogP contribution in [0.5, 0.6) is 5.75 Å². The third-order valence-corrected chi connectivity index (χ3v) is 5.43. The van der Waals surface area contributed by atoms with Crippen LogP contribution >= 0.6 is 0 Å². The van der Waals surface area contributed by atoms with Gasteiger partial charge in [0.1, 0.15) is 0 Å². The predicted molar refractivity (Wildman–Crippen MR) is 82.1 cm³/mol. The first-order valence-corrected chi connectivity index (χ1v) is 8.81. The summed E-state index contributed by atoms with van der Waals surface area (Å²) in [5.74, 6) is -0.0702. The van der Waals surface area contributed by atoms with Gasteiger partial charge >= 0.3 is 0 Å². The van der Waals surface area contributed by atoms with Gasteiger partial charge in [-0.1, -0.05) is 6.92 Å². The maximum absolute atomic E-state index is 13.8. The van der Waals surface area contributed by atoms with E-state index in [1.54, 1.807) is 18.0 Å². The van der Waals surface area contributed by atoms with E-state index < -0.39 is 15.7 Å². The fourth-order valence-corrected chi connectivity index (χ4v) is 4.24. The lowest BCUT2D eigenvalue weighted by atomic mass is 10.1. The second-order valence-corrected chi connectivity index (χ2v) is 7.59. The first kappa shape index (κ1) is 15.9. The molecule has 0 radical (unpaired) electrons. The summed E-state index contributed by atoms with van der Waals surface area (Å²) in [5.41, 5.74) is 6.75. The molecule has 0 amide bonds. The summed E-state index contributed by atoms with van der Waals surface area (Å²) < 4.78 is 42.3. The lowest BCUT2D eigenvalue weighted by Crippen LogP contribution is -2.33. The number of rotatable bonds is 5. The van der Waals surface area contributed by atoms with Crippen LogP contribution in [-0.2, 0) is 9.84 Å². The van der Waals surface area contributed by atoms with Crippen LogP contribution in [0.15, 0.2) is 12.1 Å². The van der Waals surface area contributed by atoms with E-state index in [2.05, 4.69) is 0 Å². The van der Waals surface area contributed by atoms with Gasteiger partial charge in [0.25, 0.3) is 0 Å². The topological polar surface area (TPSA) is 72.6 Å². The number of hydrogen-bond acceptors (Lipinski definition) is 5. The molecule has 2 rings (SSSR count). The van der Waals surface area contributed by atoms with Crippen LogP contribution < -0.4 is 15.4 Å². The Hall–Kier alpha value is -1.50. The maximum Gasteiger partial charge on any atom is 0.167 e. The van der Waals surface area contributed by atoms with E-state index in [1.807, 2.05) is 6.92 Å². The summed E-state index contributed by atoms with van der Waals surface area (Å²) in [6.45, 7) is 2.35. The van der Waals surface area contributed by atoms with Crippen LogP contribution in [0.1, 0.15) is 19.8 Å². The SMILES string of the molecule is CCCOc1cc(N(C)C2CCS(=O)(=O)C2)c(N)cc1F. The quantitative estimate of drug-likeness (QED) is 0.839. The lowest BCUT2D eigenvalue weighted by molar-refractivity contribution is 0.301. The average molecular weight is 316 g/mol. The van der Waals surface area contributed by atoms with Gasteiger partial charge in [-0.05, 0) is 12.8 Å². The Morgan fingerprint density at radius 1 is 1.48 bits per heavy atom. The number of nitrogen functional groups attached to an aromatic ring is 1. The second-order valence-electron chi connectivity index (χ2n) is 5.36. The van der Waals surface area contributed by atoms with Gasteiger partial charge in [-0.3, -0.25) is 0 Å². The Bertz CT molecular complexity index is 619. The molecule has 1 aliphatic rings. The van der Waals surface area contributed by atoms with Gasteiger partial charge in [-0.15, -0.1) is 0 Å². The van der Waals surface area contributed by atoms with Crippen molar-refractivity contribution in [2.24, 2.45) is 0 Å². The number of halogens is 1. The van der Waals surface area contributed by atoms with Crippen molar-refractivity contribution in [3.8, 4) is 5.75 Å². The molecule has 2 N–H and O–H groups in total. The molecule has 0 aliphatic carbocycles. The van der Waals surface area contributed by atoms with E-state index in [9.17, 15) is 12.8 Å². The van der Waals surface area contributed by atoms with Crippen LogP contribution in [0.3, 0.4) is 0 Å². The van der Waals surface area contributed by atoms with Crippen molar-refractivity contribution in [2.75, 3.05) is 35.8 Å². The molecule has 1 atom stereocenters. The van der Waals surface area contributed by atoms with Gasteiger partial charge in [0.2, 0.25) is 0 Å². The Labute approximate surface area is 124 Å². The number of nitrogens with two attached hydrogens (primary N) is 1. The molecule has 7 heteroatoms. The van der Waals surface area contributed by atoms with E-state index in [-0.39, 0.29) is 29.0 Å². The number of sulfone groups is 1. The van der Waals surface area contributed by atoms with Gasteiger partial charge < -0.3 is 15.4 Å². The van der Waals surface area contributed by atoms with E-state index >= 15 is 0 Å². The zero-order chi connectivity index (χ0) is 15.6. The van der Waals surface area contributed by atoms with Gasteiger partial charge in [0.05, 0.1) is 29.5 Å². The minimum Gasteiger partial charge on any atom is -0.490 e. The van der Waals surface area contributed by atoms with Gasteiger partial charge in [-0.25, -0.2) is 12.8 Å². The number of ether oxygens (including phenoxy) is 1. The molecule has 1 unspecified atom stereocenters. The van der Waals surface area contributed by atoms with Gasteiger partial charge in [0, 0.05) is 25.2 Å². The van der Waals surface area contributed by atoms with Crippen molar-refractivity contribution in [3.05, 3.63) is 17.9 Å². The molecule has 0 saturated carbocycles. The minimum atomic E-state index is -2.98. The molecular formula is C14H21FN2O3S. The summed E-state index contributed by atoms with van der Waals surface area (Å²) in [7, 11) is -1.21. The minimum absolute atomic E-state index is 0.103. The highest BCUT2D eigenvalue weighted by Crippen LogP contribution is 2.33. The number of hydrogen-bond donors (Lipinski definition) is 1. The fourth-order valence-electron chi connectivity index (χ4n) is 2.46. The van der Waals surface area contributed by atoms with Crippen LogP contribution in [-0.4, -0.2) is 39.6 Å². The summed E-state index contributed by atoms with van der Waals surface area (Å²) in [6.07, 6.45) is 1.33. The Balaban J connectivity index is 2.26. The van der Waals surface area contributed by atoms with E-state index in [0.717, 1.165) is 6.42 Å². The molecule has 21 heavy (non-hydrogen) atoms. The third-order valence-electron chi connectivity index (χ3n) is 3.68. The summed E-state index contributed by atoms with van der Waals surface area (Å²) in [5, 5.41) is 0. The summed E-state index contributed by atoms with van der Waals surface area (Å²) >= 11 is 0. The first-order chi connectivity index (χ1) is 9.84. The van der Waals surface area contributed by atoms with Crippen molar-refractivity contribution in [3.63, 3.8) is 0 Å². The highest BCUT2D eigenvalue weighted by molar-refractivity contribution is 7.91. The molecule has 118 valence electrons. The smallest absolute Gasteiger partial charge is 0.167 e. The molecule has 0 spiro atoms. The highest BCUT2D eigenvalue weighted by Gasteiger charge is 2.31. The normalized spacial score (nSPS) is 20.4. The van der Waals surface area contributed by atoms with Gasteiger partial charge in [-0.2, -0.15) is 0 Å². The number of benzene rings is 1. The van der Waals surface area contributed by atoms with Crippen LogP contribution in [0, 0.1) is 5.82 Å². The Kier molecular flexibility index (Phi) is 4.61. The number of anilines is 2. The molecule has 1 heterocycles. The molecule has 1 fully saturated rings. The molecule has 0 bridgehead atoms. The third kappa shape index (κ3) is 3.58. The standard InChI is InChI=1S/C14H21FN2O3S/c1-3-5-20-14-8-13(12(16)7-11(14)15)17(2)10-4-6-21(18,19)9-10/h7-8,10H,3-6,9,16H2,1-2H3. The molecule has 1 aromatic rings. The highest BCUT2D eigenvalue weighted by atomic mass is 32.2. The van der Waals surface area contributed by atoms with Crippen LogP contribution in [0.4, 0.5) is 15.8 Å². The van der Waals surface area contributed by atoms with Crippen molar-refractivity contribution in [2.45, 2.75) is 25.8 Å². The summed E-state index contributed by atoms with van der Waals surface area (Å²) in [4.78, 5) is 1.80. The van der Waals surface area contributed by atoms with Crippen molar-refractivity contribution in [1.82, 2.24) is 0 Å². The van der Waals surface area contributed by atoms with Gasteiger partial charge in [0.15, 0.2) is 21.4 Å². The molecular weight excluding hydrogens is 295 g/mol. The van der Waals surface area contributed by atoms with Crippen LogP contribution in [0.2, 0.25) is 0 Å².